The van der Waals surface area contributed by atoms with Crippen molar-refractivity contribution in [2.75, 3.05) is 23.7 Å². The lowest BCUT2D eigenvalue weighted by molar-refractivity contribution is 0.0949. The molecule has 0 atom stereocenters. The molecule has 0 aliphatic heterocycles. The largest absolute Gasteiger partial charge is 0.350 e. The van der Waals surface area contributed by atoms with E-state index in [1.54, 1.807) is 24.3 Å². The molecular weight excluding hydrogens is 369 g/mol. The Labute approximate surface area is 149 Å². The third-order valence-corrected chi connectivity index (χ3v) is 4.80. The van der Waals surface area contributed by atoms with Gasteiger partial charge >= 0.3 is 0 Å². The van der Waals surface area contributed by atoms with E-state index in [1.807, 2.05) is 6.92 Å². The van der Waals surface area contributed by atoms with Crippen molar-refractivity contribution in [3.63, 3.8) is 0 Å². The molecule has 1 amide bonds. The Hall–Kier alpha value is -2.55. The van der Waals surface area contributed by atoms with Crippen molar-refractivity contribution in [1.82, 2.24) is 5.32 Å². The molecule has 2 aromatic rings. The van der Waals surface area contributed by atoms with E-state index in [2.05, 4.69) is 5.32 Å². The fourth-order valence-electron chi connectivity index (χ4n) is 2.26. The van der Waals surface area contributed by atoms with Gasteiger partial charge in [0.25, 0.3) is 5.91 Å². The zero-order valence-electron chi connectivity index (χ0n) is 14.1. The van der Waals surface area contributed by atoms with E-state index < -0.39 is 38.9 Å². The van der Waals surface area contributed by atoms with E-state index in [0.717, 1.165) is 22.2 Å². The lowest BCUT2D eigenvalue weighted by Crippen LogP contribution is -2.38. The maximum absolute atomic E-state index is 13.6. The summed E-state index contributed by atoms with van der Waals surface area (Å²) in [5, 5.41) is 2.30. The van der Waals surface area contributed by atoms with Crippen LogP contribution in [-0.2, 0) is 10.0 Å². The lowest BCUT2D eigenvalue weighted by Gasteiger charge is -2.22. The predicted molar refractivity (Wildman–Crippen MR) is 92.0 cm³/mol. The quantitative estimate of drug-likeness (QED) is 0.776. The highest BCUT2D eigenvalue weighted by Gasteiger charge is 2.20. The first-order valence-electron chi connectivity index (χ1n) is 7.57. The van der Waals surface area contributed by atoms with Crippen molar-refractivity contribution in [2.45, 2.75) is 6.92 Å². The van der Waals surface area contributed by atoms with Gasteiger partial charge in [0.05, 0.1) is 24.1 Å². The average molecular weight is 386 g/mol. The van der Waals surface area contributed by atoms with Crippen LogP contribution in [0, 0.1) is 24.4 Å². The molecule has 0 fully saturated rings. The van der Waals surface area contributed by atoms with Gasteiger partial charge < -0.3 is 5.32 Å². The highest BCUT2D eigenvalue weighted by atomic mass is 32.2. The number of carbonyl (C=O) groups excluding carboxylic acids is 1. The van der Waals surface area contributed by atoms with Crippen LogP contribution < -0.4 is 9.62 Å². The molecule has 0 saturated carbocycles. The highest BCUT2D eigenvalue weighted by molar-refractivity contribution is 7.92. The van der Waals surface area contributed by atoms with Crippen LogP contribution in [0.2, 0.25) is 0 Å². The summed E-state index contributed by atoms with van der Waals surface area (Å²) in [6.07, 6.45) is 1.02. The summed E-state index contributed by atoms with van der Waals surface area (Å²) in [4.78, 5) is 11.9. The smallest absolute Gasteiger partial charge is 0.254 e. The van der Waals surface area contributed by atoms with E-state index >= 15 is 0 Å². The molecule has 0 heterocycles. The number of nitrogens with zero attached hydrogens (tertiary/aromatic N) is 1. The molecule has 0 saturated heterocycles. The summed E-state index contributed by atoms with van der Waals surface area (Å²) < 4.78 is 64.7. The summed E-state index contributed by atoms with van der Waals surface area (Å²) in [6.45, 7) is 1.59. The molecule has 26 heavy (non-hydrogen) atoms. The summed E-state index contributed by atoms with van der Waals surface area (Å²) in [5.74, 6) is -5.71. The van der Waals surface area contributed by atoms with Crippen molar-refractivity contribution in [3.05, 3.63) is 65.0 Å². The Balaban J connectivity index is 2.09. The van der Waals surface area contributed by atoms with Crippen LogP contribution >= 0.6 is 0 Å². The number of benzene rings is 2. The van der Waals surface area contributed by atoms with Gasteiger partial charge in [-0.25, -0.2) is 21.6 Å². The Morgan fingerprint density at radius 3 is 2.23 bits per heavy atom. The molecule has 0 aromatic heterocycles. The first-order valence-corrected chi connectivity index (χ1v) is 9.42. The number of halogens is 3. The second-order valence-corrected chi connectivity index (χ2v) is 7.56. The van der Waals surface area contributed by atoms with E-state index in [0.29, 0.717) is 11.8 Å². The van der Waals surface area contributed by atoms with Gasteiger partial charge in [-0.2, -0.15) is 0 Å². The second kappa shape index (κ2) is 7.77. The third-order valence-electron chi connectivity index (χ3n) is 3.60. The molecule has 0 spiro atoms. The fourth-order valence-corrected chi connectivity index (χ4v) is 3.19. The van der Waals surface area contributed by atoms with Crippen molar-refractivity contribution in [1.29, 1.82) is 0 Å². The minimum atomic E-state index is -3.62. The van der Waals surface area contributed by atoms with E-state index in [-0.39, 0.29) is 13.1 Å². The summed E-state index contributed by atoms with van der Waals surface area (Å²) >= 11 is 0. The SMILES string of the molecule is Cc1ccc(N(CCNC(=O)c2ccc(F)c(F)c2F)S(C)(=O)=O)cc1. The Kier molecular flexibility index (Phi) is 5.91. The predicted octanol–water partition coefficient (Wildman–Crippen LogP) is 2.61. The first-order chi connectivity index (χ1) is 12.1. The maximum atomic E-state index is 13.6. The lowest BCUT2D eigenvalue weighted by atomic mass is 10.2. The molecule has 1 N–H and O–H groups in total. The van der Waals surface area contributed by atoms with E-state index in [4.69, 9.17) is 0 Å². The monoisotopic (exact) mass is 386 g/mol. The van der Waals surface area contributed by atoms with Crippen LogP contribution in [0.3, 0.4) is 0 Å². The van der Waals surface area contributed by atoms with Crippen LogP contribution in [0.4, 0.5) is 18.9 Å². The molecule has 9 heteroatoms. The Morgan fingerprint density at radius 1 is 1.04 bits per heavy atom. The summed E-state index contributed by atoms with van der Waals surface area (Å²) in [7, 11) is -3.62. The molecule has 0 aliphatic rings. The minimum Gasteiger partial charge on any atom is -0.350 e. The number of sulfonamides is 1. The summed E-state index contributed by atoms with van der Waals surface area (Å²) in [6, 6.07) is 8.17. The Morgan fingerprint density at radius 2 is 1.65 bits per heavy atom. The zero-order chi connectivity index (χ0) is 19.5. The molecule has 5 nitrogen and oxygen atoms in total. The van der Waals surface area contributed by atoms with Crippen LogP contribution in [-0.4, -0.2) is 33.7 Å². The topological polar surface area (TPSA) is 66.5 Å². The molecule has 0 radical (unpaired) electrons. The number of carbonyl (C=O) groups is 1. The number of amides is 1. The van der Waals surface area contributed by atoms with Gasteiger partial charge in [-0.3, -0.25) is 9.10 Å². The minimum absolute atomic E-state index is 0.112. The summed E-state index contributed by atoms with van der Waals surface area (Å²) in [5.41, 5.74) is 0.695. The third kappa shape index (κ3) is 4.54. The zero-order valence-corrected chi connectivity index (χ0v) is 14.9. The van der Waals surface area contributed by atoms with Crippen LogP contribution in [0.25, 0.3) is 0 Å². The van der Waals surface area contributed by atoms with E-state index in [1.165, 1.54) is 0 Å². The standard InChI is InChI=1S/C17H17F3N2O3S/c1-11-3-5-12(6-4-11)22(26(2,24)25)10-9-21-17(23)13-7-8-14(18)16(20)15(13)19/h3-8H,9-10H2,1-2H3,(H,21,23). The average Bonchev–Trinajstić information content (AvgIpc) is 2.56. The van der Waals surface area contributed by atoms with Crippen molar-refractivity contribution in [3.8, 4) is 0 Å². The normalized spacial score (nSPS) is 11.3. The van der Waals surface area contributed by atoms with Gasteiger partial charge in [-0.1, -0.05) is 17.7 Å². The Bertz CT molecular complexity index is 916. The van der Waals surface area contributed by atoms with Gasteiger partial charge in [0.2, 0.25) is 10.0 Å². The number of hydrogen-bond donors (Lipinski definition) is 1. The molecule has 0 unspecified atom stereocenters. The first kappa shape index (κ1) is 19.8. The number of hydrogen-bond acceptors (Lipinski definition) is 3. The second-order valence-electron chi connectivity index (χ2n) is 5.65. The van der Waals surface area contributed by atoms with Crippen molar-refractivity contribution < 1.29 is 26.4 Å². The fraction of sp³-hybridized carbons (Fsp3) is 0.235. The van der Waals surface area contributed by atoms with Gasteiger partial charge in [-0.15, -0.1) is 0 Å². The van der Waals surface area contributed by atoms with Gasteiger partial charge in [0, 0.05) is 6.54 Å². The number of aryl methyl sites for hydroxylation is 1. The molecule has 2 aromatic carbocycles. The molecular formula is C17H17F3N2O3S. The number of rotatable bonds is 6. The molecule has 0 bridgehead atoms. The maximum Gasteiger partial charge on any atom is 0.254 e. The van der Waals surface area contributed by atoms with Crippen LogP contribution in [0.1, 0.15) is 15.9 Å². The van der Waals surface area contributed by atoms with E-state index in [9.17, 15) is 26.4 Å². The number of anilines is 1. The molecule has 2 rings (SSSR count). The van der Waals surface area contributed by atoms with Crippen molar-refractivity contribution in [2.24, 2.45) is 0 Å². The van der Waals surface area contributed by atoms with Crippen LogP contribution in [0.15, 0.2) is 36.4 Å². The van der Waals surface area contributed by atoms with Gasteiger partial charge in [0.15, 0.2) is 17.5 Å². The van der Waals surface area contributed by atoms with Crippen molar-refractivity contribution >= 4 is 21.6 Å². The highest BCUT2D eigenvalue weighted by Crippen LogP contribution is 2.18. The van der Waals surface area contributed by atoms with Gasteiger partial charge in [-0.05, 0) is 31.2 Å². The van der Waals surface area contributed by atoms with Crippen LogP contribution in [0.5, 0.6) is 0 Å². The molecule has 140 valence electrons. The van der Waals surface area contributed by atoms with Gasteiger partial charge in [0.1, 0.15) is 0 Å². The molecule has 0 aliphatic carbocycles. The number of nitrogens with one attached hydrogen (secondary N) is 1.